The fraction of sp³-hybridized carbons (Fsp3) is 0.500. The van der Waals surface area contributed by atoms with Gasteiger partial charge in [0.15, 0.2) is 5.82 Å². The van der Waals surface area contributed by atoms with Crippen LogP contribution in [0.3, 0.4) is 0 Å². The maximum absolute atomic E-state index is 14.0. The highest BCUT2D eigenvalue weighted by molar-refractivity contribution is 6.30. The van der Waals surface area contributed by atoms with Crippen molar-refractivity contribution >= 4 is 23.5 Å². The number of hydrogen-bond acceptors (Lipinski definition) is 7. The Morgan fingerprint density at radius 1 is 0.972 bits per heavy atom. The number of rotatable bonds is 3. The molecule has 4 aliphatic rings. The third-order valence-electron chi connectivity index (χ3n) is 8.00. The summed E-state index contributed by atoms with van der Waals surface area (Å²) in [7, 11) is 0. The van der Waals surface area contributed by atoms with Crippen LogP contribution >= 0.6 is 11.6 Å². The predicted octanol–water partition coefficient (Wildman–Crippen LogP) is 3.76. The Labute approximate surface area is 210 Å². The van der Waals surface area contributed by atoms with Gasteiger partial charge in [-0.15, -0.1) is 10.2 Å². The Bertz CT molecular complexity index is 1350. The summed E-state index contributed by atoms with van der Waals surface area (Å²) in [5.41, 5.74) is 0.808. The SMILES string of the molecule is Cc1ccnc(N2CC3(C2)CN(c2nnc4n2-c2ccc(Cl)cc2CN(C2(C(F)(F)F)CC2)C4)C3)n1. The molecule has 12 heteroatoms. The fourth-order valence-corrected chi connectivity index (χ4v) is 6.18. The number of aromatic nitrogens is 5. The highest BCUT2D eigenvalue weighted by atomic mass is 35.5. The maximum Gasteiger partial charge on any atom is 0.406 e. The number of nitrogens with zero attached hydrogens (tertiary/aromatic N) is 8. The number of halogens is 4. The smallest absolute Gasteiger partial charge is 0.339 e. The third-order valence-corrected chi connectivity index (χ3v) is 8.23. The van der Waals surface area contributed by atoms with E-state index in [-0.39, 0.29) is 31.3 Å². The van der Waals surface area contributed by atoms with Crippen molar-refractivity contribution in [2.24, 2.45) is 5.41 Å². The summed E-state index contributed by atoms with van der Waals surface area (Å²) in [6.45, 7) is 5.52. The molecule has 3 aliphatic heterocycles. The highest BCUT2D eigenvalue weighted by Gasteiger charge is 2.67. The molecule has 0 bridgehead atoms. The molecular weight excluding hydrogens is 493 g/mol. The van der Waals surface area contributed by atoms with Crippen LogP contribution in [0.2, 0.25) is 5.02 Å². The minimum absolute atomic E-state index is 0.0796. The minimum atomic E-state index is -4.30. The van der Waals surface area contributed by atoms with Gasteiger partial charge in [-0.2, -0.15) is 13.2 Å². The molecule has 1 saturated carbocycles. The Hall–Kier alpha value is -2.92. The van der Waals surface area contributed by atoms with Crippen LogP contribution < -0.4 is 9.80 Å². The summed E-state index contributed by atoms with van der Waals surface area (Å²) in [4.78, 5) is 14.7. The van der Waals surface area contributed by atoms with Gasteiger partial charge in [-0.3, -0.25) is 9.47 Å². The lowest BCUT2D eigenvalue weighted by Gasteiger charge is -2.60. The second-order valence-corrected chi connectivity index (χ2v) is 11.1. The highest BCUT2D eigenvalue weighted by Crippen LogP contribution is 2.55. The van der Waals surface area contributed by atoms with Crippen LogP contribution in [0.4, 0.5) is 25.1 Å². The number of anilines is 2. The molecule has 2 aromatic heterocycles. The van der Waals surface area contributed by atoms with E-state index in [2.05, 4.69) is 30.0 Å². The quantitative estimate of drug-likeness (QED) is 0.525. The van der Waals surface area contributed by atoms with Gasteiger partial charge in [0.25, 0.3) is 0 Å². The van der Waals surface area contributed by atoms with Crippen molar-refractivity contribution in [3.8, 4) is 5.69 Å². The van der Waals surface area contributed by atoms with E-state index in [0.717, 1.165) is 49.1 Å². The van der Waals surface area contributed by atoms with Crippen molar-refractivity contribution in [1.29, 1.82) is 0 Å². The molecule has 1 aromatic carbocycles. The Morgan fingerprint density at radius 3 is 2.42 bits per heavy atom. The molecule has 0 atom stereocenters. The molecule has 0 unspecified atom stereocenters. The van der Waals surface area contributed by atoms with Crippen molar-refractivity contribution in [1.82, 2.24) is 29.6 Å². The van der Waals surface area contributed by atoms with Crippen LogP contribution in [0.1, 0.15) is 29.9 Å². The molecule has 3 fully saturated rings. The third kappa shape index (κ3) is 3.25. The molecule has 36 heavy (non-hydrogen) atoms. The van der Waals surface area contributed by atoms with Gasteiger partial charge in [-0.05, 0) is 49.6 Å². The van der Waals surface area contributed by atoms with Gasteiger partial charge in [-0.25, -0.2) is 9.97 Å². The lowest BCUT2D eigenvalue weighted by molar-refractivity contribution is -0.200. The topological polar surface area (TPSA) is 66.2 Å². The molecule has 3 aromatic rings. The first-order valence-electron chi connectivity index (χ1n) is 12.0. The minimum Gasteiger partial charge on any atom is -0.339 e. The zero-order valence-corrected chi connectivity index (χ0v) is 20.4. The zero-order chi connectivity index (χ0) is 24.9. The van der Waals surface area contributed by atoms with Crippen LogP contribution in [0, 0.1) is 12.3 Å². The second kappa shape index (κ2) is 7.32. The van der Waals surface area contributed by atoms with Crippen molar-refractivity contribution < 1.29 is 13.2 Å². The van der Waals surface area contributed by atoms with E-state index in [1.807, 2.05) is 23.6 Å². The van der Waals surface area contributed by atoms with Crippen molar-refractivity contribution in [3.05, 3.63) is 52.6 Å². The maximum atomic E-state index is 14.0. The lowest BCUT2D eigenvalue weighted by Crippen LogP contribution is -2.73. The molecule has 0 N–H and O–H groups in total. The van der Waals surface area contributed by atoms with Gasteiger partial charge in [-0.1, -0.05) is 11.6 Å². The van der Waals surface area contributed by atoms with Gasteiger partial charge in [0.1, 0.15) is 5.54 Å². The summed E-state index contributed by atoms with van der Waals surface area (Å²) >= 11 is 6.27. The number of fused-ring (bicyclic) bond motifs is 3. The summed E-state index contributed by atoms with van der Waals surface area (Å²) < 4.78 is 44.0. The van der Waals surface area contributed by atoms with Crippen LogP contribution in [0.25, 0.3) is 5.69 Å². The molecule has 188 valence electrons. The first-order valence-corrected chi connectivity index (χ1v) is 12.4. The second-order valence-electron chi connectivity index (χ2n) is 10.6. The summed E-state index contributed by atoms with van der Waals surface area (Å²) in [6, 6.07) is 7.27. The molecule has 7 rings (SSSR count). The lowest BCUT2D eigenvalue weighted by atomic mass is 9.73. The van der Waals surface area contributed by atoms with Crippen LogP contribution in [-0.2, 0) is 13.1 Å². The average Bonchev–Trinajstić information content (AvgIpc) is 3.51. The zero-order valence-electron chi connectivity index (χ0n) is 19.6. The Kier molecular flexibility index (Phi) is 4.53. The average molecular weight is 517 g/mol. The molecule has 8 nitrogen and oxygen atoms in total. The summed E-state index contributed by atoms with van der Waals surface area (Å²) in [5, 5.41) is 9.33. The standard InChI is InChI=1S/C24H24ClF3N8/c1-15-4-7-29-20(30-15)33-11-22(12-33)13-34(14-22)21-32-31-19-10-35(23(5-6-23)24(26,27)28)9-16-8-17(25)2-3-18(16)36(19)21/h2-4,7-8H,5-6,9-14H2,1H3. The molecule has 0 radical (unpaired) electrons. The number of benzene rings is 1. The van der Waals surface area contributed by atoms with E-state index < -0.39 is 11.7 Å². The molecule has 1 aliphatic carbocycles. The Balaban J connectivity index is 1.17. The number of alkyl halides is 3. The van der Waals surface area contributed by atoms with Crippen LogP contribution in [0.5, 0.6) is 0 Å². The van der Waals surface area contributed by atoms with E-state index in [4.69, 9.17) is 11.6 Å². The first kappa shape index (κ1) is 22.3. The first-order chi connectivity index (χ1) is 17.2. The van der Waals surface area contributed by atoms with E-state index in [1.54, 1.807) is 18.3 Å². The van der Waals surface area contributed by atoms with E-state index in [1.165, 1.54) is 4.90 Å². The molecule has 1 spiro atoms. The molecular formula is C24H24ClF3N8. The number of hydrogen-bond donors (Lipinski definition) is 0. The van der Waals surface area contributed by atoms with Gasteiger partial charge in [0, 0.05) is 55.1 Å². The van der Waals surface area contributed by atoms with Crippen LogP contribution in [0.15, 0.2) is 30.5 Å². The summed E-state index contributed by atoms with van der Waals surface area (Å²) in [6.07, 6.45) is -2.32. The van der Waals surface area contributed by atoms with Gasteiger partial charge >= 0.3 is 6.18 Å². The monoisotopic (exact) mass is 516 g/mol. The van der Waals surface area contributed by atoms with Crippen molar-refractivity contribution in [2.75, 3.05) is 36.0 Å². The van der Waals surface area contributed by atoms with Gasteiger partial charge in [0.05, 0.1) is 12.2 Å². The van der Waals surface area contributed by atoms with E-state index in [0.29, 0.717) is 16.8 Å². The predicted molar refractivity (Wildman–Crippen MR) is 127 cm³/mol. The molecule has 2 saturated heterocycles. The normalized spacial score (nSPS) is 21.9. The molecule has 5 heterocycles. The van der Waals surface area contributed by atoms with Crippen molar-refractivity contribution in [3.63, 3.8) is 0 Å². The Morgan fingerprint density at radius 2 is 1.72 bits per heavy atom. The molecule has 0 amide bonds. The van der Waals surface area contributed by atoms with Crippen molar-refractivity contribution in [2.45, 2.75) is 44.6 Å². The summed E-state index contributed by atoms with van der Waals surface area (Å²) in [5.74, 6) is 1.94. The number of aryl methyl sites for hydroxylation is 1. The largest absolute Gasteiger partial charge is 0.406 e. The fourth-order valence-electron chi connectivity index (χ4n) is 5.99. The van der Waals surface area contributed by atoms with Gasteiger partial charge in [0.2, 0.25) is 11.9 Å². The van der Waals surface area contributed by atoms with E-state index >= 15 is 0 Å². The van der Waals surface area contributed by atoms with E-state index in [9.17, 15) is 13.2 Å². The van der Waals surface area contributed by atoms with Gasteiger partial charge < -0.3 is 9.80 Å². The van der Waals surface area contributed by atoms with Crippen LogP contribution in [-0.4, -0.2) is 67.5 Å².